The van der Waals surface area contributed by atoms with Crippen molar-refractivity contribution in [3.63, 3.8) is 0 Å². The number of hydrogen-bond donors (Lipinski definition) is 1. The minimum Gasteiger partial charge on any atom is -0.482 e. The topological polar surface area (TPSA) is 65.4 Å². The third-order valence-corrected chi connectivity index (χ3v) is 4.34. The lowest BCUT2D eigenvalue weighted by atomic mass is 10.2. The SMILES string of the molecule is N#Cc1ccc(OCC(=O)Nc2ccc(N3CCCC3)cc2)c(Cl)c1. The van der Waals surface area contributed by atoms with Gasteiger partial charge in [0, 0.05) is 24.5 Å². The maximum Gasteiger partial charge on any atom is 0.262 e. The van der Waals surface area contributed by atoms with E-state index in [2.05, 4.69) is 10.2 Å². The molecule has 5 nitrogen and oxygen atoms in total. The van der Waals surface area contributed by atoms with Crippen LogP contribution in [0, 0.1) is 11.3 Å². The van der Waals surface area contributed by atoms with E-state index >= 15 is 0 Å². The quantitative estimate of drug-likeness (QED) is 0.885. The van der Waals surface area contributed by atoms with E-state index in [0.29, 0.717) is 16.3 Å². The van der Waals surface area contributed by atoms with Gasteiger partial charge in [0.1, 0.15) is 5.75 Å². The third-order valence-electron chi connectivity index (χ3n) is 4.04. The van der Waals surface area contributed by atoms with Crippen LogP contribution in [0.15, 0.2) is 42.5 Å². The molecule has 1 fully saturated rings. The summed E-state index contributed by atoms with van der Waals surface area (Å²) in [6, 6.07) is 14.5. The number of hydrogen-bond acceptors (Lipinski definition) is 4. The number of nitrogens with zero attached hydrogens (tertiary/aromatic N) is 2. The van der Waals surface area contributed by atoms with Crippen molar-refractivity contribution in [2.24, 2.45) is 0 Å². The van der Waals surface area contributed by atoms with Gasteiger partial charge in [0.25, 0.3) is 5.91 Å². The molecular weight excluding hydrogens is 338 g/mol. The van der Waals surface area contributed by atoms with Gasteiger partial charge in [-0.05, 0) is 55.3 Å². The van der Waals surface area contributed by atoms with Gasteiger partial charge in [0.2, 0.25) is 0 Å². The Labute approximate surface area is 151 Å². The number of carbonyl (C=O) groups is 1. The van der Waals surface area contributed by atoms with Crippen LogP contribution in [0.2, 0.25) is 5.02 Å². The molecule has 1 heterocycles. The van der Waals surface area contributed by atoms with Gasteiger partial charge in [-0.15, -0.1) is 0 Å². The molecule has 1 aliphatic heterocycles. The molecule has 1 amide bonds. The molecule has 3 rings (SSSR count). The largest absolute Gasteiger partial charge is 0.482 e. The average Bonchev–Trinajstić information content (AvgIpc) is 3.16. The first-order valence-corrected chi connectivity index (χ1v) is 8.51. The number of amides is 1. The van der Waals surface area contributed by atoms with Crippen molar-refractivity contribution in [3.8, 4) is 11.8 Å². The molecule has 0 aliphatic carbocycles. The van der Waals surface area contributed by atoms with Crippen LogP contribution < -0.4 is 15.0 Å². The Morgan fingerprint density at radius 3 is 2.56 bits per heavy atom. The Morgan fingerprint density at radius 2 is 1.92 bits per heavy atom. The fourth-order valence-corrected chi connectivity index (χ4v) is 2.99. The first-order chi connectivity index (χ1) is 12.2. The monoisotopic (exact) mass is 355 g/mol. The van der Waals surface area contributed by atoms with Gasteiger partial charge < -0.3 is 15.0 Å². The summed E-state index contributed by atoms with van der Waals surface area (Å²) in [5, 5.41) is 11.9. The smallest absolute Gasteiger partial charge is 0.262 e. The molecule has 0 atom stereocenters. The second-order valence-electron chi connectivity index (χ2n) is 5.83. The summed E-state index contributed by atoms with van der Waals surface area (Å²) in [6.45, 7) is 2.02. The molecule has 1 N–H and O–H groups in total. The van der Waals surface area contributed by atoms with E-state index < -0.39 is 0 Å². The predicted molar refractivity (Wildman–Crippen MR) is 98.2 cm³/mol. The Bertz CT molecular complexity index is 793. The van der Waals surface area contributed by atoms with E-state index in [1.54, 1.807) is 12.1 Å². The van der Waals surface area contributed by atoms with E-state index in [0.717, 1.165) is 18.8 Å². The molecule has 1 aliphatic rings. The number of anilines is 2. The zero-order valence-corrected chi connectivity index (χ0v) is 14.4. The number of ether oxygens (including phenoxy) is 1. The van der Waals surface area contributed by atoms with E-state index in [1.807, 2.05) is 30.3 Å². The first-order valence-electron chi connectivity index (χ1n) is 8.13. The van der Waals surface area contributed by atoms with Crippen molar-refractivity contribution in [3.05, 3.63) is 53.1 Å². The molecule has 0 radical (unpaired) electrons. The van der Waals surface area contributed by atoms with Crippen molar-refractivity contribution < 1.29 is 9.53 Å². The molecule has 0 aromatic heterocycles. The van der Waals surface area contributed by atoms with Crippen molar-refractivity contribution in [1.29, 1.82) is 5.26 Å². The molecule has 128 valence electrons. The fraction of sp³-hybridized carbons (Fsp3) is 0.263. The van der Waals surface area contributed by atoms with Crippen molar-refractivity contribution in [1.82, 2.24) is 0 Å². The maximum atomic E-state index is 12.0. The molecule has 2 aromatic rings. The van der Waals surface area contributed by atoms with Crippen LogP contribution in [0.5, 0.6) is 5.75 Å². The fourth-order valence-electron chi connectivity index (χ4n) is 2.76. The third kappa shape index (κ3) is 4.43. The summed E-state index contributed by atoms with van der Waals surface area (Å²) in [5.74, 6) is 0.106. The minimum absolute atomic E-state index is 0.153. The lowest BCUT2D eigenvalue weighted by molar-refractivity contribution is -0.118. The Balaban J connectivity index is 1.53. The zero-order chi connectivity index (χ0) is 17.6. The molecule has 0 saturated carbocycles. The molecule has 1 saturated heterocycles. The number of rotatable bonds is 5. The maximum absolute atomic E-state index is 12.0. The van der Waals surface area contributed by atoms with Crippen LogP contribution in [-0.4, -0.2) is 25.6 Å². The highest BCUT2D eigenvalue weighted by atomic mass is 35.5. The van der Waals surface area contributed by atoms with Crippen molar-refractivity contribution in [2.75, 3.05) is 29.9 Å². The molecule has 0 bridgehead atoms. The number of nitrogens with one attached hydrogen (secondary N) is 1. The van der Waals surface area contributed by atoms with Crippen molar-refractivity contribution >= 4 is 28.9 Å². The Morgan fingerprint density at radius 1 is 1.20 bits per heavy atom. The standard InChI is InChI=1S/C19H18ClN3O2/c20-17-11-14(12-21)3-8-18(17)25-13-19(24)22-15-4-6-16(7-5-15)23-9-1-2-10-23/h3-8,11H,1-2,9-10,13H2,(H,22,24). The van der Waals surface area contributed by atoms with Crippen LogP contribution in [0.4, 0.5) is 11.4 Å². The minimum atomic E-state index is -0.269. The summed E-state index contributed by atoms with van der Waals surface area (Å²) in [4.78, 5) is 14.4. The van der Waals surface area contributed by atoms with Crippen LogP contribution >= 0.6 is 11.6 Å². The summed E-state index contributed by atoms with van der Waals surface area (Å²) in [5.41, 5.74) is 2.35. The Kier molecular flexibility index (Phi) is 5.42. The summed E-state index contributed by atoms with van der Waals surface area (Å²) in [6.07, 6.45) is 2.46. The number of halogens is 1. The van der Waals surface area contributed by atoms with Crippen LogP contribution in [0.3, 0.4) is 0 Å². The molecular formula is C19H18ClN3O2. The number of benzene rings is 2. The van der Waals surface area contributed by atoms with E-state index in [9.17, 15) is 4.79 Å². The van der Waals surface area contributed by atoms with Crippen molar-refractivity contribution in [2.45, 2.75) is 12.8 Å². The Hall–Kier alpha value is -2.71. The van der Waals surface area contributed by atoms with Gasteiger partial charge in [-0.1, -0.05) is 11.6 Å². The van der Waals surface area contributed by atoms with Gasteiger partial charge in [-0.2, -0.15) is 5.26 Å². The summed E-state index contributed by atoms with van der Waals surface area (Å²) >= 11 is 6.02. The predicted octanol–water partition coefficient (Wildman–Crippen LogP) is 3.83. The van der Waals surface area contributed by atoms with Gasteiger partial charge in [0.15, 0.2) is 6.61 Å². The van der Waals surface area contributed by atoms with Crippen LogP contribution in [-0.2, 0) is 4.79 Å². The van der Waals surface area contributed by atoms with Crippen LogP contribution in [0.1, 0.15) is 18.4 Å². The average molecular weight is 356 g/mol. The second kappa shape index (κ2) is 7.91. The molecule has 0 unspecified atom stereocenters. The summed E-state index contributed by atoms with van der Waals surface area (Å²) < 4.78 is 5.41. The van der Waals surface area contributed by atoms with E-state index in [1.165, 1.54) is 24.6 Å². The summed E-state index contributed by atoms with van der Waals surface area (Å²) in [7, 11) is 0. The lowest BCUT2D eigenvalue weighted by Crippen LogP contribution is -2.20. The van der Waals surface area contributed by atoms with Gasteiger partial charge in [0.05, 0.1) is 16.7 Å². The first kappa shape index (κ1) is 17.1. The van der Waals surface area contributed by atoms with Gasteiger partial charge in [-0.25, -0.2) is 0 Å². The van der Waals surface area contributed by atoms with Gasteiger partial charge >= 0.3 is 0 Å². The second-order valence-corrected chi connectivity index (χ2v) is 6.24. The number of nitriles is 1. The lowest BCUT2D eigenvalue weighted by Gasteiger charge is -2.17. The molecule has 25 heavy (non-hydrogen) atoms. The highest BCUT2D eigenvalue weighted by Gasteiger charge is 2.12. The molecule has 6 heteroatoms. The highest BCUT2D eigenvalue weighted by molar-refractivity contribution is 6.32. The van der Waals surface area contributed by atoms with E-state index in [4.69, 9.17) is 21.6 Å². The van der Waals surface area contributed by atoms with Gasteiger partial charge in [-0.3, -0.25) is 4.79 Å². The molecule has 2 aromatic carbocycles. The zero-order valence-electron chi connectivity index (χ0n) is 13.7. The number of carbonyl (C=O) groups excluding carboxylic acids is 1. The molecule has 0 spiro atoms. The normalized spacial score (nSPS) is 13.4. The van der Waals surface area contributed by atoms with E-state index in [-0.39, 0.29) is 12.5 Å². The highest BCUT2D eigenvalue weighted by Crippen LogP contribution is 2.25. The van der Waals surface area contributed by atoms with Crippen LogP contribution in [0.25, 0.3) is 0 Å².